The highest BCUT2D eigenvalue weighted by Gasteiger charge is 2.00. The molecule has 0 heterocycles. The van der Waals surface area contributed by atoms with Gasteiger partial charge in [-0.25, -0.2) is 0 Å². The van der Waals surface area contributed by atoms with Crippen molar-refractivity contribution in [2.24, 2.45) is 0 Å². The number of nitrogens with zero attached hydrogens (tertiary/aromatic N) is 2. The molecule has 1 rings (SSSR count). The van der Waals surface area contributed by atoms with Crippen LogP contribution in [0.5, 0.6) is 0 Å². The third-order valence-corrected chi connectivity index (χ3v) is 2.50. The highest BCUT2D eigenvalue weighted by atomic mass is 15.1. The molecule has 0 bridgehead atoms. The molecule has 1 aromatic rings. The van der Waals surface area contributed by atoms with Crippen LogP contribution in [0, 0.1) is 6.92 Å². The number of benzene rings is 1. The lowest BCUT2D eigenvalue weighted by Crippen LogP contribution is -2.28. The zero-order valence-corrected chi connectivity index (χ0v) is 10.3. The summed E-state index contributed by atoms with van der Waals surface area (Å²) in [5, 5.41) is 0. The summed E-state index contributed by atoms with van der Waals surface area (Å²) in [6.45, 7) is 5.39. The highest BCUT2D eigenvalue weighted by Crippen LogP contribution is 2.05. The third kappa shape index (κ3) is 4.96. The van der Waals surface area contributed by atoms with Gasteiger partial charge in [-0.2, -0.15) is 0 Å². The van der Waals surface area contributed by atoms with Crippen LogP contribution in [0.15, 0.2) is 24.3 Å². The third-order valence-electron chi connectivity index (χ3n) is 2.50. The lowest BCUT2D eigenvalue weighted by atomic mass is 10.1. The summed E-state index contributed by atoms with van der Waals surface area (Å²) in [6.07, 6.45) is 0. The lowest BCUT2D eigenvalue weighted by Gasteiger charge is -2.19. The Bertz CT molecular complexity index is 277. The molecule has 0 spiro atoms. The molecule has 0 aliphatic heterocycles. The van der Waals surface area contributed by atoms with Crippen LogP contribution in [0.4, 0.5) is 0 Å². The van der Waals surface area contributed by atoms with Gasteiger partial charge < -0.3 is 9.80 Å². The lowest BCUT2D eigenvalue weighted by molar-refractivity contribution is 0.276. The van der Waals surface area contributed by atoms with E-state index in [0.717, 1.165) is 19.6 Å². The molecule has 0 aliphatic carbocycles. The predicted molar refractivity (Wildman–Crippen MR) is 66.1 cm³/mol. The predicted octanol–water partition coefficient (Wildman–Crippen LogP) is 1.99. The molecule has 84 valence electrons. The average molecular weight is 206 g/mol. The Kier molecular flexibility index (Phi) is 4.79. The first-order valence-corrected chi connectivity index (χ1v) is 5.47. The topological polar surface area (TPSA) is 6.48 Å². The summed E-state index contributed by atoms with van der Waals surface area (Å²) in [6, 6.07) is 8.77. The van der Waals surface area contributed by atoms with Gasteiger partial charge in [0.25, 0.3) is 0 Å². The molecule has 0 N–H and O–H groups in total. The molecule has 0 aliphatic rings. The van der Waals surface area contributed by atoms with Gasteiger partial charge in [-0.3, -0.25) is 0 Å². The van der Waals surface area contributed by atoms with Crippen molar-refractivity contribution >= 4 is 0 Å². The molecular weight excluding hydrogens is 184 g/mol. The van der Waals surface area contributed by atoms with Gasteiger partial charge in [0, 0.05) is 19.6 Å². The fraction of sp³-hybridized carbons (Fsp3) is 0.538. The minimum absolute atomic E-state index is 1.04. The second-order valence-corrected chi connectivity index (χ2v) is 4.53. The van der Waals surface area contributed by atoms with E-state index >= 15 is 0 Å². The van der Waals surface area contributed by atoms with Gasteiger partial charge in [-0.1, -0.05) is 29.8 Å². The van der Waals surface area contributed by atoms with Gasteiger partial charge in [0.05, 0.1) is 0 Å². The first-order chi connectivity index (χ1) is 7.08. The van der Waals surface area contributed by atoms with Crippen molar-refractivity contribution in [2.75, 3.05) is 34.2 Å². The molecule has 2 nitrogen and oxygen atoms in total. The van der Waals surface area contributed by atoms with Crippen molar-refractivity contribution in [3.63, 3.8) is 0 Å². The zero-order valence-electron chi connectivity index (χ0n) is 10.3. The molecule has 0 saturated heterocycles. The molecule has 0 radical (unpaired) electrons. The van der Waals surface area contributed by atoms with E-state index in [1.807, 2.05) is 0 Å². The Labute approximate surface area is 93.5 Å². The first-order valence-electron chi connectivity index (χ1n) is 5.47. The first kappa shape index (κ1) is 12.2. The van der Waals surface area contributed by atoms with E-state index in [1.54, 1.807) is 0 Å². The van der Waals surface area contributed by atoms with Crippen LogP contribution in [-0.4, -0.2) is 44.0 Å². The van der Waals surface area contributed by atoms with Crippen LogP contribution in [0.25, 0.3) is 0 Å². The molecule has 0 aromatic heterocycles. The molecule has 0 unspecified atom stereocenters. The van der Waals surface area contributed by atoms with Crippen molar-refractivity contribution in [3.8, 4) is 0 Å². The van der Waals surface area contributed by atoms with Gasteiger partial charge in [0.15, 0.2) is 0 Å². The fourth-order valence-corrected chi connectivity index (χ4v) is 1.45. The van der Waals surface area contributed by atoms with E-state index in [4.69, 9.17) is 0 Å². The summed E-state index contributed by atoms with van der Waals surface area (Å²) in [5.74, 6) is 0. The van der Waals surface area contributed by atoms with Gasteiger partial charge in [-0.15, -0.1) is 0 Å². The zero-order chi connectivity index (χ0) is 11.3. The maximum atomic E-state index is 2.35. The fourth-order valence-electron chi connectivity index (χ4n) is 1.45. The van der Waals surface area contributed by atoms with E-state index in [9.17, 15) is 0 Å². The Balaban J connectivity index is 2.37. The summed E-state index contributed by atoms with van der Waals surface area (Å²) in [7, 11) is 6.39. The standard InChI is InChI=1S/C13H22N2/c1-12-5-7-13(8-6-12)11-15(4)10-9-14(2)3/h5-8H,9-11H2,1-4H3. The van der Waals surface area contributed by atoms with Crippen LogP contribution in [-0.2, 0) is 6.54 Å². The van der Waals surface area contributed by atoms with Crippen molar-refractivity contribution in [2.45, 2.75) is 13.5 Å². The van der Waals surface area contributed by atoms with E-state index in [0.29, 0.717) is 0 Å². The maximum absolute atomic E-state index is 2.35. The minimum atomic E-state index is 1.04. The van der Waals surface area contributed by atoms with Crippen molar-refractivity contribution in [1.29, 1.82) is 0 Å². The molecule has 0 atom stereocenters. The van der Waals surface area contributed by atoms with Crippen molar-refractivity contribution in [1.82, 2.24) is 9.80 Å². The normalized spacial score (nSPS) is 11.3. The quantitative estimate of drug-likeness (QED) is 0.727. The van der Waals surface area contributed by atoms with Crippen LogP contribution in [0.3, 0.4) is 0 Å². The molecular formula is C13H22N2. The highest BCUT2D eigenvalue weighted by molar-refractivity contribution is 5.21. The summed E-state index contributed by atoms with van der Waals surface area (Å²) in [5.41, 5.74) is 2.72. The SMILES string of the molecule is Cc1ccc(CN(C)CCN(C)C)cc1. The molecule has 2 heteroatoms. The Morgan fingerprint density at radius 1 is 0.933 bits per heavy atom. The molecule has 0 fully saturated rings. The second kappa shape index (κ2) is 5.89. The average Bonchev–Trinajstić information content (AvgIpc) is 2.19. The van der Waals surface area contributed by atoms with Crippen LogP contribution >= 0.6 is 0 Å². The second-order valence-electron chi connectivity index (χ2n) is 4.53. The van der Waals surface area contributed by atoms with Crippen LogP contribution in [0.2, 0.25) is 0 Å². The van der Waals surface area contributed by atoms with Crippen molar-refractivity contribution < 1.29 is 0 Å². The smallest absolute Gasteiger partial charge is 0.0231 e. The molecule has 0 saturated carbocycles. The van der Waals surface area contributed by atoms with E-state index in [1.165, 1.54) is 11.1 Å². The van der Waals surface area contributed by atoms with E-state index in [-0.39, 0.29) is 0 Å². The van der Waals surface area contributed by atoms with Gasteiger partial charge in [-0.05, 0) is 33.6 Å². The van der Waals surface area contributed by atoms with Crippen molar-refractivity contribution in [3.05, 3.63) is 35.4 Å². The Morgan fingerprint density at radius 2 is 1.53 bits per heavy atom. The number of hydrogen-bond acceptors (Lipinski definition) is 2. The largest absolute Gasteiger partial charge is 0.308 e. The monoisotopic (exact) mass is 206 g/mol. The Hall–Kier alpha value is -0.860. The van der Waals surface area contributed by atoms with Gasteiger partial charge in [0.2, 0.25) is 0 Å². The number of hydrogen-bond donors (Lipinski definition) is 0. The van der Waals surface area contributed by atoms with Crippen LogP contribution in [0.1, 0.15) is 11.1 Å². The van der Waals surface area contributed by atoms with Crippen LogP contribution < -0.4 is 0 Å². The van der Waals surface area contributed by atoms with E-state index in [2.05, 4.69) is 62.1 Å². The summed E-state index contributed by atoms with van der Waals surface area (Å²) in [4.78, 5) is 4.57. The minimum Gasteiger partial charge on any atom is -0.308 e. The summed E-state index contributed by atoms with van der Waals surface area (Å²) < 4.78 is 0. The van der Waals surface area contributed by atoms with Gasteiger partial charge in [0.1, 0.15) is 0 Å². The molecule has 1 aromatic carbocycles. The van der Waals surface area contributed by atoms with Gasteiger partial charge >= 0.3 is 0 Å². The number of aryl methyl sites for hydroxylation is 1. The number of likely N-dealkylation sites (N-methyl/N-ethyl adjacent to an activating group) is 2. The molecule has 15 heavy (non-hydrogen) atoms. The van der Waals surface area contributed by atoms with E-state index < -0.39 is 0 Å². The molecule has 0 amide bonds. The Morgan fingerprint density at radius 3 is 2.07 bits per heavy atom. The summed E-state index contributed by atoms with van der Waals surface area (Å²) >= 11 is 0. The number of rotatable bonds is 5. The maximum Gasteiger partial charge on any atom is 0.0231 e.